The van der Waals surface area contributed by atoms with Gasteiger partial charge in [-0.3, -0.25) is 14.0 Å². The van der Waals surface area contributed by atoms with Gasteiger partial charge in [-0.05, 0) is 48.9 Å². The summed E-state index contributed by atoms with van der Waals surface area (Å²) in [5.74, 6) is 0.847. The zero-order valence-electron chi connectivity index (χ0n) is 17.4. The molecule has 160 valence electrons. The molecule has 2 N–H and O–H groups in total. The third kappa shape index (κ3) is 3.78. The highest BCUT2D eigenvalue weighted by Gasteiger charge is 2.29. The predicted octanol–water partition coefficient (Wildman–Crippen LogP) is 3.16. The van der Waals surface area contributed by atoms with Crippen LogP contribution in [0.15, 0.2) is 72.9 Å². The van der Waals surface area contributed by atoms with Crippen molar-refractivity contribution >= 4 is 23.1 Å². The van der Waals surface area contributed by atoms with E-state index < -0.39 is 6.10 Å². The van der Waals surface area contributed by atoms with E-state index in [0.717, 1.165) is 11.3 Å². The van der Waals surface area contributed by atoms with E-state index in [4.69, 9.17) is 4.74 Å². The van der Waals surface area contributed by atoms with Crippen LogP contribution in [-0.2, 0) is 11.2 Å². The van der Waals surface area contributed by atoms with Crippen LogP contribution in [0, 0.1) is 0 Å². The number of amides is 2. The quantitative estimate of drug-likeness (QED) is 0.510. The molecule has 2 aromatic heterocycles. The molecule has 8 heteroatoms. The van der Waals surface area contributed by atoms with E-state index in [0.29, 0.717) is 29.1 Å². The van der Waals surface area contributed by atoms with Crippen LogP contribution in [0.3, 0.4) is 0 Å². The number of nitrogens with zero attached hydrogens (tertiary/aromatic N) is 3. The number of fused-ring (bicyclic) bond motifs is 2. The topological polar surface area (TPSA) is 97.6 Å². The van der Waals surface area contributed by atoms with Crippen LogP contribution in [0.5, 0.6) is 5.75 Å². The fraction of sp³-hybridized carbons (Fsp3) is 0.167. The molecule has 2 unspecified atom stereocenters. The van der Waals surface area contributed by atoms with Crippen molar-refractivity contribution in [2.45, 2.75) is 25.5 Å². The number of anilines is 1. The fourth-order valence-corrected chi connectivity index (χ4v) is 3.79. The molecule has 1 aliphatic heterocycles. The Balaban J connectivity index is 1.25. The highest BCUT2D eigenvalue weighted by molar-refractivity contribution is 5.98. The number of ether oxygens (including phenoxy) is 1. The van der Waals surface area contributed by atoms with Crippen LogP contribution in [-0.4, -0.2) is 32.5 Å². The van der Waals surface area contributed by atoms with Gasteiger partial charge in [0.1, 0.15) is 5.75 Å². The fourth-order valence-electron chi connectivity index (χ4n) is 3.79. The number of hydrogen-bond donors (Lipinski definition) is 2. The van der Waals surface area contributed by atoms with Crippen LogP contribution in [0.4, 0.5) is 5.69 Å². The smallest absolute Gasteiger partial charge is 0.265 e. The Morgan fingerprint density at radius 3 is 2.78 bits per heavy atom. The Morgan fingerprint density at radius 2 is 1.91 bits per heavy atom. The van der Waals surface area contributed by atoms with Crippen molar-refractivity contribution in [2.75, 3.05) is 5.32 Å². The summed E-state index contributed by atoms with van der Waals surface area (Å²) in [6.45, 7) is 1.85. The standard InChI is InChI=1S/C24H21N5O3/c1-15(22-28-27-21-11-4-5-12-29(21)22)25-23(30)17-8-6-9-18(13-17)26-24(31)20-14-16-7-2-3-10-19(16)32-20/h2-13,15,20H,14H2,1H3,(H,25,30)(H,26,31). The van der Waals surface area contributed by atoms with Crippen molar-refractivity contribution < 1.29 is 14.3 Å². The molecular formula is C24H21N5O3. The van der Waals surface area contributed by atoms with E-state index in [1.807, 2.05) is 60.0 Å². The average Bonchev–Trinajstić information content (AvgIpc) is 3.44. The van der Waals surface area contributed by atoms with Gasteiger partial charge in [0.2, 0.25) is 0 Å². The summed E-state index contributed by atoms with van der Waals surface area (Å²) in [5.41, 5.74) is 2.68. The largest absolute Gasteiger partial charge is 0.480 e. The number of rotatable bonds is 5. The van der Waals surface area contributed by atoms with Gasteiger partial charge in [0.05, 0.1) is 6.04 Å². The maximum absolute atomic E-state index is 12.8. The first kappa shape index (κ1) is 19.7. The summed E-state index contributed by atoms with van der Waals surface area (Å²) >= 11 is 0. The molecule has 2 amide bonds. The van der Waals surface area contributed by atoms with E-state index in [-0.39, 0.29) is 17.9 Å². The number of benzene rings is 2. The monoisotopic (exact) mass is 427 g/mol. The molecular weight excluding hydrogens is 406 g/mol. The van der Waals surface area contributed by atoms with Crippen LogP contribution in [0.1, 0.15) is 34.7 Å². The maximum Gasteiger partial charge on any atom is 0.265 e. The Bertz CT molecular complexity index is 1290. The third-order valence-electron chi connectivity index (χ3n) is 5.41. The number of carbonyl (C=O) groups is 2. The van der Waals surface area contributed by atoms with Crippen molar-refractivity contribution in [1.82, 2.24) is 19.9 Å². The van der Waals surface area contributed by atoms with E-state index in [1.165, 1.54) is 0 Å². The van der Waals surface area contributed by atoms with E-state index in [1.54, 1.807) is 24.3 Å². The van der Waals surface area contributed by atoms with Gasteiger partial charge in [-0.25, -0.2) is 0 Å². The van der Waals surface area contributed by atoms with Gasteiger partial charge in [0, 0.05) is 23.9 Å². The summed E-state index contributed by atoms with van der Waals surface area (Å²) in [6.07, 6.45) is 1.78. The number of pyridine rings is 1. The highest BCUT2D eigenvalue weighted by atomic mass is 16.5. The van der Waals surface area contributed by atoms with Crippen LogP contribution in [0.25, 0.3) is 5.65 Å². The second kappa shape index (κ2) is 8.14. The Hall–Kier alpha value is -4.20. The van der Waals surface area contributed by atoms with Crippen LogP contribution in [0.2, 0.25) is 0 Å². The van der Waals surface area contributed by atoms with Gasteiger partial charge < -0.3 is 15.4 Å². The zero-order chi connectivity index (χ0) is 22.1. The molecule has 8 nitrogen and oxygen atoms in total. The van der Waals surface area contributed by atoms with Gasteiger partial charge in [0.25, 0.3) is 11.8 Å². The van der Waals surface area contributed by atoms with Crippen molar-refractivity contribution in [3.05, 3.63) is 89.9 Å². The van der Waals surface area contributed by atoms with E-state index in [9.17, 15) is 9.59 Å². The van der Waals surface area contributed by atoms with Crippen molar-refractivity contribution in [3.63, 3.8) is 0 Å². The summed E-state index contributed by atoms with van der Waals surface area (Å²) < 4.78 is 7.58. The van der Waals surface area contributed by atoms with Crippen molar-refractivity contribution in [3.8, 4) is 5.75 Å². The molecule has 0 spiro atoms. The van der Waals surface area contributed by atoms with Crippen LogP contribution >= 0.6 is 0 Å². The van der Waals surface area contributed by atoms with Gasteiger partial charge >= 0.3 is 0 Å². The normalized spacial score (nSPS) is 15.6. The van der Waals surface area contributed by atoms with Gasteiger partial charge in [0.15, 0.2) is 17.6 Å². The zero-order valence-corrected chi connectivity index (χ0v) is 17.4. The van der Waals surface area contributed by atoms with E-state index in [2.05, 4.69) is 20.8 Å². The molecule has 0 saturated carbocycles. The molecule has 2 atom stereocenters. The van der Waals surface area contributed by atoms with Crippen molar-refractivity contribution in [1.29, 1.82) is 0 Å². The van der Waals surface area contributed by atoms with Gasteiger partial charge in [-0.2, -0.15) is 0 Å². The molecule has 0 bridgehead atoms. The molecule has 3 heterocycles. The number of nitrogens with one attached hydrogen (secondary N) is 2. The Labute approximate surface area is 184 Å². The molecule has 0 aliphatic carbocycles. The number of aromatic nitrogens is 3. The highest BCUT2D eigenvalue weighted by Crippen LogP contribution is 2.28. The van der Waals surface area contributed by atoms with Crippen molar-refractivity contribution in [2.24, 2.45) is 0 Å². The van der Waals surface area contributed by atoms with E-state index >= 15 is 0 Å². The lowest BCUT2D eigenvalue weighted by Crippen LogP contribution is -2.31. The first-order valence-electron chi connectivity index (χ1n) is 10.3. The second-order valence-corrected chi connectivity index (χ2v) is 7.67. The molecule has 0 saturated heterocycles. The summed E-state index contributed by atoms with van der Waals surface area (Å²) in [5, 5.41) is 14.1. The number of carbonyl (C=O) groups excluding carboxylic acids is 2. The second-order valence-electron chi connectivity index (χ2n) is 7.67. The minimum absolute atomic E-state index is 0.248. The first-order valence-corrected chi connectivity index (χ1v) is 10.3. The minimum atomic E-state index is -0.592. The maximum atomic E-state index is 12.8. The Kier molecular flexibility index (Phi) is 5.03. The summed E-state index contributed by atoms with van der Waals surface area (Å²) in [4.78, 5) is 25.5. The molecule has 32 heavy (non-hydrogen) atoms. The van der Waals surface area contributed by atoms with Crippen LogP contribution < -0.4 is 15.4 Å². The predicted molar refractivity (Wildman–Crippen MR) is 119 cm³/mol. The lowest BCUT2D eigenvalue weighted by Gasteiger charge is -2.14. The summed E-state index contributed by atoms with van der Waals surface area (Å²) in [6, 6.07) is 19.7. The number of hydrogen-bond acceptors (Lipinski definition) is 5. The van der Waals surface area contributed by atoms with Gasteiger partial charge in [-0.1, -0.05) is 30.3 Å². The summed E-state index contributed by atoms with van der Waals surface area (Å²) in [7, 11) is 0. The third-order valence-corrected chi connectivity index (χ3v) is 5.41. The molecule has 4 aromatic rings. The number of para-hydroxylation sites is 1. The lowest BCUT2D eigenvalue weighted by atomic mass is 10.1. The SMILES string of the molecule is CC(NC(=O)c1cccc(NC(=O)C2Cc3ccccc3O2)c1)c1nnc2ccccn12. The minimum Gasteiger partial charge on any atom is -0.480 e. The lowest BCUT2D eigenvalue weighted by molar-refractivity contribution is -0.122. The van der Waals surface area contributed by atoms with Gasteiger partial charge in [-0.15, -0.1) is 10.2 Å². The molecule has 1 aliphatic rings. The molecule has 0 fully saturated rings. The molecule has 2 aromatic carbocycles. The Morgan fingerprint density at radius 1 is 1.06 bits per heavy atom. The first-order chi connectivity index (χ1) is 15.6. The molecule has 5 rings (SSSR count). The average molecular weight is 427 g/mol. The molecule has 0 radical (unpaired) electrons.